The number of hydrogen-bond acceptors (Lipinski definition) is 5. The first-order valence-corrected chi connectivity index (χ1v) is 19.4. The van der Waals surface area contributed by atoms with Gasteiger partial charge in [-0.15, -0.1) is 0 Å². The van der Waals surface area contributed by atoms with Crippen LogP contribution < -0.4 is 32.1 Å². The molecule has 0 saturated carbocycles. The van der Waals surface area contributed by atoms with Gasteiger partial charge in [0.2, 0.25) is 0 Å². The molecular weight excluding hydrogens is 613 g/mol. The number of para-hydroxylation sites is 1. The summed E-state index contributed by atoms with van der Waals surface area (Å²) >= 11 is -3.52. The Labute approximate surface area is 266 Å². The van der Waals surface area contributed by atoms with Crippen LogP contribution in [0.15, 0.2) is 164 Å². The molecule has 0 unspecified atom stereocenters. The molecule has 0 radical (unpaired) electrons. The zero-order valence-corrected chi connectivity index (χ0v) is 27.1. The average Bonchev–Trinajstić information content (AvgIpc) is 3.54. The van der Waals surface area contributed by atoms with E-state index in [4.69, 9.17) is 4.74 Å². The molecule has 6 heteroatoms. The van der Waals surface area contributed by atoms with E-state index < -0.39 is 13.3 Å². The SMILES string of the molecule is CN1C=CN(c2cccc(N3c4cccc[c]4[Ge]([c]4ccccc4)([c]4ccccc4)[c]4ccc(Oc5ccccn5)cc43)c2)C1. The van der Waals surface area contributed by atoms with Crippen LogP contribution in [0.5, 0.6) is 11.6 Å². The van der Waals surface area contributed by atoms with Crippen molar-refractivity contribution in [1.82, 2.24) is 9.88 Å². The fraction of sp³-hybridized carbons (Fsp3) is 0.0513. The number of pyridine rings is 1. The molecule has 0 N–H and O–H groups in total. The predicted molar refractivity (Wildman–Crippen MR) is 187 cm³/mol. The molecule has 1 aromatic heterocycles. The van der Waals surface area contributed by atoms with E-state index in [1.165, 1.54) is 23.3 Å². The summed E-state index contributed by atoms with van der Waals surface area (Å²) in [5.74, 6) is 1.33. The topological polar surface area (TPSA) is 31.8 Å². The minimum absolute atomic E-state index is 0.575. The second-order valence-corrected chi connectivity index (χ2v) is 19.3. The van der Waals surface area contributed by atoms with Gasteiger partial charge >= 0.3 is 268 Å². The molecule has 3 heterocycles. The zero-order chi connectivity index (χ0) is 30.2. The summed E-state index contributed by atoms with van der Waals surface area (Å²) in [6, 6.07) is 52.5. The number of hydrogen-bond donors (Lipinski definition) is 0. The number of benzene rings is 5. The number of aromatic nitrogens is 1. The molecule has 218 valence electrons. The Kier molecular flexibility index (Phi) is 6.88. The van der Waals surface area contributed by atoms with E-state index in [2.05, 4.69) is 167 Å². The molecule has 6 aromatic rings. The summed E-state index contributed by atoms with van der Waals surface area (Å²) in [6.45, 7) is 0.819. The van der Waals surface area contributed by atoms with E-state index >= 15 is 0 Å². The van der Waals surface area contributed by atoms with Crippen molar-refractivity contribution in [3.63, 3.8) is 0 Å². The Morgan fingerprint density at radius 2 is 1.29 bits per heavy atom. The van der Waals surface area contributed by atoms with Crippen LogP contribution in [-0.4, -0.2) is 36.9 Å². The van der Waals surface area contributed by atoms with Crippen molar-refractivity contribution in [3.8, 4) is 11.6 Å². The molecule has 8 rings (SSSR count). The van der Waals surface area contributed by atoms with Gasteiger partial charge in [-0.3, -0.25) is 0 Å². The third-order valence-corrected chi connectivity index (χ3v) is 18.9. The summed E-state index contributed by atoms with van der Waals surface area (Å²) in [6.07, 6.45) is 6.01. The van der Waals surface area contributed by atoms with Crippen molar-refractivity contribution >= 4 is 53.6 Å². The zero-order valence-electron chi connectivity index (χ0n) is 25.0. The normalized spacial score (nSPS) is 14.6. The van der Waals surface area contributed by atoms with Crippen molar-refractivity contribution in [2.75, 3.05) is 23.5 Å². The Morgan fingerprint density at radius 3 is 2.00 bits per heavy atom. The second kappa shape index (κ2) is 11.3. The van der Waals surface area contributed by atoms with Gasteiger partial charge in [-0.2, -0.15) is 0 Å². The monoisotopic (exact) mass is 646 g/mol. The van der Waals surface area contributed by atoms with E-state index in [0.29, 0.717) is 5.88 Å². The van der Waals surface area contributed by atoms with Crippen molar-refractivity contribution in [2.24, 2.45) is 0 Å². The van der Waals surface area contributed by atoms with Crippen LogP contribution >= 0.6 is 0 Å². The van der Waals surface area contributed by atoms with Crippen LogP contribution in [0.2, 0.25) is 0 Å². The number of ether oxygens (including phenoxy) is 1. The van der Waals surface area contributed by atoms with Crippen molar-refractivity contribution in [1.29, 1.82) is 0 Å². The van der Waals surface area contributed by atoms with Gasteiger partial charge in [0.15, 0.2) is 0 Å². The van der Waals surface area contributed by atoms with Gasteiger partial charge in [-0.1, -0.05) is 0 Å². The van der Waals surface area contributed by atoms with E-state index in [1.54, 1.807) is 6.20 Å². The Bertz CT molecular complexity index is 1960. The van der Waals surface area contributed by atoms with Crippen molar-refractivity contribution in [2.45, 2.75) is 0 Å². The van der Waals surface area contributed by atoms with Crippen molar-refractivity contribution in [3.05, 3.63) is 164 Å². The maximum atomic E-state index is 6.37. The van der Waals surface area contributed by atoms with Crippen LogP contribution in [-0.2, 0) is 0 Å². The third-order valence-electron chi connectivity index (χ3n) is 8.73. The minimum atomic E-state index is -3.52. The van der Waals surface area contributed by atoms with Gasteiger partial charge in [0.25, 0.3) is 0 Å². The molecule has 0 saturated heterocycles. The fourth-order valence-electron chi connectivity index (χ4n) is 6.82. The van der Waals surface area contributed by atoms with E-state index in [-0.39, 0.29) is 0 Å². The first-order chi connectivity index (χ1) is 22.2. The number of nitrogens with zero attached hydrogens (tertiary/aromatic N) is 4. The van der Waals surface area contributed by atoms with E-state index in [0.717, 1.165) is 29.5 Å². The predicted octanol–water partition coefficient (Wildman–Crippen LogP) is 6.22. The van der Waals surface area contributed by atoms with Gasteiger partial charge in [0.05, 0.1) is 0 Å². The van der Waals surface area contributed by atoms with Gasteiger partial charge in [-0.25, -0.2) is 0 Å². The molecule has 0 bridgehead atoms. The van der Waals surface area contributed by atoms with Gasteiger partial charge in [0.1, 0.15) is 0 Å². The summed E-state index contributed by atoms with van der Waals surface area (Å²) in [7, 11) is 2.10. The molecule has 0 atom stereocenters. The number of fused-ring (bicyclic) bond motifs is 2. The molecular formula is C39H32GeN4O. The fourth-order valence-corrected chi connectivity index (χ4v) is 17.5. The molecule has 0 fully saturated rings. The Hall–Kier alpha value is -5.27. The summed E-state index contributed by atoms with van der Waals surface area (Å²) in [5, 5.41) is 0. The van der Waals surface area contributed by atoms with Crippen LogP contribution in [0, 0.1) is 0 Å². The van der Waals surface area contributed by atoms with E-state index in [9.17, 15) is 0 Å². The first-order valence-electron chi connectivity index (χ1n) is 15.2. The van der Waals surface area contributed by atoms with Crippen molar-refractivity contribution < 1.29 is 4.74 Å². The Balaban J connectivity index is 1.41. The van der Waals surface area contributed by atoms with Crippen LogP contribution in [0.4, 0.5) is 22.7 Å². The van der Waals surface area contributed by atoms with Gasteiger partial charge < -0.3 is 0 Å². The van der Waals surface area contributed by atoms with Gasteiger partial charge in [0, 0.05) is 0 Å². The number of anilines is 4. The quantitative estimate of drug-likeness (QED) is 0.201. The molecule has 2 aliphatic rings. The van der Waals surface area contributed by atoms with Crippen LogP contribution in [0.1, 0.15) is 0 Å². The summed E-state index contributed by atoms with van der Waals surface area (Å²) in [4.78, 5) is 11.3. The molecule has 0 spiro atoms. The first kappa shape index (κ1) is 27.3. The number of rotatable bonds is 6. The molecule has 45 heavy (non-hydrogen) atoms. The molecule has 5 nitrogen and oxygen atoms in total. The third kappa shape index (κ3) is 4.67. The standard InChI is InChI=1S/C39H32GeN4O/c1-42-25-26-43(29-42)32-17-12-18-33(27-32)44-37-20-9-8-19-35(37)40(30-13-4-2-5-14-30,31-15-6-3-7-16-31)36-23-22-34(28-38(36)44)45-39-21-10-11-24-41-39/h2-28H,29H2,1H3. The molecule has 5 aromatic carbocycles. The Morgan fingerprint density at radius 1 is 0.600 bits per heavy atom. The molecule has 2 aliphatic heterocycles. The molecule has 0 amide bonds. The van der Waals surface area contributed by atoms with Gasteiger partial charge in [-0.05, 0) is 0 Å². The van der Waals surface area contributed by atoms with E-state index in [1.807, 2.05) is 18.2 Å². The van der Waals surface area contributed by atoms with Crippen LogP contribution in [0.25, 0.3) is 0 Å². The summed E-state index contributed by atoms with van der Waals surface area (Å²) in [5.41, 5.74) is 4.61. The second-order valence-electron chi connectivity index (χ2n) is 11.5. The maximum absolute atomic E-state index is 6.37. The average molecular weight is 645 g/mol. The summed E-state index contributed by atoms with van der Waals surface area (Å²) < 4.78 is 11.9. The molecule has 0 aliphatic carbocycles. The van der Waals surface area contributed by atoms with Crippen LogP contribution in [0.3, 0.4) is 0 Å².